The minimum atomic E-state index is -1.51. The number of unbranched alkanes of at least 4 members (excludes halogenated alkanes) is 2. The van der Waals surface area contributed by atoms with Gasteiger partial charge in [-0.05, 0) is 25.0 Å². The van der Waals surface area contributed by atoms with E-state index in [2.05, 4.69) is 25.3 Å². The molecule has 0 saturated carbocycles. The Morgan fingerprint density at radius 3 is 1.04 bits per heavy atom. The van der Waals surface area contributed by atoms with Gasteiger partial charge in [-0.3, -0.25) is 0 Å². The van der Waals surface area contributed by atoms with E-state index in [1.807, 2.05) is 0 Å². The van der Waals surface area contributed by atoms with Crippen LogP contribution in [0.1, 0.15) is 39.5 Å². The van der Waals surface area contributed by atoms with Crippen molar-refractivity contribution in [3.8, 4) is 0 Å². The third kappa shape index (κ3) is 68.8. The van der Waals surface area contributed by atoms with Crippen LogP contribution in [0.25, 0.3) is 0 Å². The third-order valence-electron chi connectivity index (χ3n) is 1.93. The van der Waals surface area contributed by atoms with E-state index in [0.717, 1.165) is 13.1 Å². The van der Waals surface area contributed by atoms with Crippen LogP contribution >= 0.6 is 0 Å². The maximum atomic E-state index is 9.53. The van der Waals surface area contributed by atoms with E-state index in [-0.39, 0.29) is 0 Å². The van der Waals surface area contributed by atoms with Crippen LogP contribution < -0.4 is 21.7 Å². The quantitative estimate of drug-likeness (QED) is 0.315. The van der Waals surface area contributed by atoms with Gasteiger partial charge in [0, 0.05) is 12.2 Å². The molecule has 0 aromatic heterocycles. The lowest BCUT2D eigenvalue weighted by Crippen LogP contribution is -2.49. The molecule has 26 heavy (non-hydrogen) atoms. The first-order chi connectivity index (χ1) is 12.1. The van der Waals surface area contributed by atoms with Gasteiger partial charge in [0.05, 0.1) is 25.0 Å². The summed E-state index contributed by atoms with van der Waals surface area (Å²) in [6, 6.07) is 0. The zero-order valence-corrected chi connectivity index (χ0v) is 15.3. The van der Waals surface area contributed by atoms with Crippen molar-refractivity contribution < 1.29 is 51.1 Å². The molecule has 0 unspecified atom stereocenters. The smallest absolute Gasteiger partial charge is 0.328 e. The number of quaternary nitrogens is 2. The number of rotatable bonds is 8. The summed E-state index contributed by atoms with van der Waals surface area (Å²) in [6.45, 7) is 6.53. The van der Waals surface area contributed by atoms with Crippen molar-refractivity contribution >= 4 is 23.9 Å². The highest BCUT2D eigenvalue weighted by Crippen LogP contribution is 1.76. The molecule has 152 valence electrons. The summed E-state index contributed by atoms with van der Waals surface area (Å²) in [5.41, 5.74) is 7.35. The van der Waals surface area contributed by atoms with Gasteiger partial charge < -0.3 is 41.5 Å². The largest absolute Gasteiger partial charge is 0.545 e. The normalized spacial score (nSPS) is 9.08. The Kier molecular flexibility index (Phi) is 32.5. The highest BCUT2D eigenvalue weighted by Gasteiger charge is 1.82. The number of carboxylic acid groups (broad SMARTS) is 4. The van der Waals surface area contributed by atoms with E-state index in [4.69, 9.17) is 10.2 Å². The molecule has 0 spiro atoms. The molecule has 0 aromatic carbocycles. The highest BCUT2D eigenvalue weighted by molar-refractivity contribution is 5.89. The SMILES string of the molecule is CCCC[NH3+].CCCC[NH3+].O=C([O-])/C=C/C(=O)O.O=C([O-])/C=C/C(=O)O. The maximum Gasteiger partial charge on any atom is 0.328 e. The van der Waals surface area contributed by atoms with Crippen molar-refractivity contribution in [2.75, 3.05) is 13.1 Å². The molecule has 0 fully saturated rings. The second kappa shape index (κ2) is 27.1. The molecule has 0 aliphatic heterocycles. The third-order valence-corrected chi connectivity index (χ3v) is 1.93. The molecule has 0 aromatic rings. The Hall–Kier alpha value is -2.72. The Morgan fingerprint density at radius 1 is 0.731 bits per heavy atom. The van der Waals surface area contributed by atoms with Crippen LogP contribution in [0.3, 0.4) is 0 Å². The molecule has 8 N–H and O–H groups in total. The van der Waals surface area contributed by atoms with Crippen molar-refractivity contribution in [1.29, 1.82) is 0 Å². The van der Waals surface area contributed by atoms with Crippen LogP contribution in [0.15, 0.2) is 24.3 Å². The summed E-state index contributed by atoms with van der Waals surface area (Å²) >= 11 is 0. The van der Waals surface area contributed by atoms with Crippen LogP contribution in [0, 0.1) is 0 Å². The van der Waals surface area contributed by atoms with E-state index in [9.17, 15) is 29.4 Å². The minimum absolute atomic E-state index is 0.447. The number of hydrogen-bond donors (Lipinski definition) is 4. The van der Waals surface area contributed by atoms with E-state index in [1.165, 1.54) is 25.7 Å². The van der Waals surface area contributed by atoms with Gasteiger partial charge in [-0.25, -0.2) is 9.59 Å². The average molecular weight is 378 g/mol. The average Bonchev–Trinajstić information content (AvgIpc) is 2.54. The monoisotopic (exact) mass is 378 g/mol. The highest BCUT2D eigenvalue weighted by atomic mass is 16.4. The van der Waals surface area contributed by atoms with Gasteiger partial charge in [0.15, 0.2) is 0 Å². The van der Waals surface area contributed by atoms with Crippen molar-refractivity contribution in [2.24, 2.45) is 0 Å². The summed E-state index contributed by atoms with van der Waals surface area (Å²) in [7, 11) is 0. The van der Waals surface area contributed by atoms with Gasteiger partial charge >= 0.3 is 11.9 Å². The minimum Gasteiger partial charge on any atom is -0.545 e. The first-order valence-corrected chi connectivity index (χ1v) is 7.91. The van der Waals surface area contributed by atoms with Crippen molar-refractivity contribution in [1.82, 2.24) is 0 Å². The van der Waals surface area contributed by atoms with E-state index >= 15 is 0 Å². The molecule has 10 nitrogen and oxygen atoms in total. The van der Waals surface area contributed by atoms with Gasteiger partial charge in [0.1, 0.15) is 0 Å². The summed E-state index contributed by atoms with van der Waals surface area (Å²) in [6.07, 6.45) is 7.00. The predicted octanol–water partition coefficient (Wildman–Crippen LogP) is -3.19. The molecular weight excluding hydrogens is 348 g/mol. The van der Waals surface area contributed by atoms with Gasteiger partial charge in [0.25, 0.3) is 0 Å². The van der Waals surface area contributed by atoms with Crippen LogP contribution in [0.2, 0.25) is 0 Å². The number of hydrogen-bond acceptors (Lipinski definition) is 6. The molecular formula is C16H30N2O8. The van der Waals surface area contributed by atoms with Crippen molar-refractivity contribution in [2.45, 2.75) is 39.5 Å². The molecule has 0 atom stereocenters. The van der Waals surface area contributed by atoms with Gasteiger partial charge in [-0.15, -0.1) is 0 Å². The van der Waals surface area contributed by atoms with Gasteiger partial charge in [-0.2, -0.15) is 0 Å². The number of aliphatic carboxylic acids is 4. The fourth-order valence-corrected chi connectivity index (χ4v) is 0.779. The molecule has 0 amide bonds. The molecule has 0 heterocycles. The van der Waals surface area contributed by atoms with Crippen LogP contribution in [0.5, 0.6) is 0 Å². The van der Waals surface area contributed by atoms with Crippen molar-refractivity contribution in [3.63, 3.8) is 0 Å². The van der Waals surface area contributed by atoms with Crippen LogP contribution in [-0.2, 0) is 19.2 Å². The first-order valence-electron chi connectivity index (χ1n) is 7.91. The first kappa shape index (κ1) is 31.1. The number of carbonyl (C=O) groups excluding carboxylic acids is 2. The summed E-state index contributed by atoms with van der Waals surface area (Å²) in [5.74, 6) is -5.61. The van der Waals surface area contributed by atoms with Gasteiger partial charge in [-0.1, -0.05) is 26.7 Å². The molecule has 0 radical (unpaired) electrons. The Bertz CT molecular complexity index is 358. The van der Waals surface area contributed by atoms with E-state index in [1.54, 1.807) is 0 Å². The second-order valence-electron chi connectivity index (χ2n) is 4.40. The second-order valence-corrected chi connectivity index (χ2v) is 4.40. The van der Waals surface area contributed by atoms with Crippen LogP contribution in [-0.4, -0.2) is 47.2 Å². The standard InChI is InChI=1S/2C4H11N.2C4H4O4/c2*1-2-3-4-5;2*5-3(6)1-2-4(7)8/h2*2-5H2,1H3;2*1-2H,(H,5,6)(H,7,8)/b;;2*2-1+. The predicted molar refractivity (Wildman–Crippen MR) is 88.9 cm³/mol. The Labute approximate surface area is 152 Å². The topological polar surface area (TPSA) is 210 Å². The zero-order chi connectivity index (χ0) is 21.4. The lowest BCUT2D eigenvalue weighted by molar-refractivity contribution is -0.368. The Morgan fingerprint density at radius 2 is 1.00 bits per heavy atom. The summed E-state index contributed by atoms with van der Waals surface area (Å²) < 4.78 is 0. The summed E-state index contributed by atoms with van der Waals surface area (Å²) in [5, 5.41) is 34.5. The number of carbonyl (C=O) groups is 4. The Balaban J connectivity index is -0.000000127. The molecule has 10 heteroatoms. The van der Waals surface area contributed by atoms with Crippen LogP contribution in [0.4, 0.5) is 0 Å². The lowest BCUT2D eigenvalue weighted by Gasteiger charge is -1.85. The van der Waals surface area contributed by atoms with Gasteiger partial charge in [0.2, 0.25) is 0 Å². The van der Waals surface area contributed by atoms with E-state index in [0.29, 0.717) is 24.3 Å². The fraction of sp³-hybridized carbons (Fsp3) is 0.500. The maximum absolute atomic E-state index is 9.53. The molecule has 0 aliphatic rings. The molecule has 0 bridgehead atoms. The number of carboxylic acids is 4. The summed E-state index contributed by atoms with van der Waals surface area (Å²) in [4.78, 5) is 37.9. The van der Waals surface area contributed by atoms with Crippen molar-refractivity contribution in [3.05, 3.63) is 24.3 Å². The molecule has 0 rings (SSSR count). The lowest BCUT2D eigenvalue weighted by atomic mass is 10.3. The molecule has 0 saturated heterocycles. The fourth-order valence-electron chi connectivity index (χ4n) is 0.779. The zero-order valence-electron chi connectivity index (χ0n) is 15.3. The van der Waals surface area contributed by atoms with E-state index < -0.39 is 23.9 Å². The molecule has 0 aliphatic carbocycles.